The lowest BCUT2D eigenvalue weighted by Gasteiger charge is -2.20. The zero-order valence-corrected chi connectivity index (χ0v) is 9.95. The van der Waals surface area contributed by atoms with Crippen molar-refractivity contribution < 1.29 is 13.2 Å². The van der Waals surface area contributed by atoms with E-state index < -0.39 is 12.2 Å². The van der Waals surface area contributed by atoms with Gasteiger partial charge in [0.1, 0.15) is 6.04 Å². The predicted octanol–water partition coefficient (Wildman–Crippen LogP) is 3.62. The molecule has 0 aliphatic heterocycles. The molecule has 0 bridgehead atoms. The molecule has 0 heterocycles. The van der Waals surface area contributed by atoms with Crippen molar-refractivity contribution in [1.29, 1.82) is 0 Å². The van der Waals surface area contributed by atoms with E-state index >= 15 is 0 Å². The standard InChI is InChI=1S/C11H14F3NS/c1-3-16-9-6-4-8(5-7-9)10(15-2)11(12,13)14/h4-7,10,15H,3H2,1-2H3. The molecule has 0 saturated carbocycles. The Morgan fingerprint density at radius 1 is 1.25 bits per heavy atom. The minimum atomic E-state index is -4.26. The fourth-order valence-electron chi connectivity index (χ4n) is 1.44. The fraction of sp³-hybridized carbons (Fsp3) is 0.455. The van der Waals surface area contributed by atoms with Gasteiger partial charge in [0.15, 0.2) is 0 Å². The third-order valence-electron chi connectivity index (χ3n) is 2.14. The minimum Gasteiger partial charge on any atom is -0.306 e. The summed E-state index contributed by atoms with van der Waals surface area (Å²) >= 11 is 1.61. The van der Waals surface area contributed by atoms with Crippen LogP contribution in [0, 0.1) is 0 Å². The molecular formula is C11H14F3NS. The van der Waals surface area contributed by atoms with E-state index in [4.69, 9.17) is 0 Å². The number of rotatable bonds is 4. The molecule has 16 heavy (non-hydrogen) atoms. The van der Waals surface area contributed by atoms with Crippen LogP contribution in [0.1, 0.15) is 18.5 Å². The minimum absolute atomic E-state index is 0.246. The van der Waals surface area contributed by atoms with Crippen molar-refractivity contribution in [2.24, 2.45) is 0 Å². The summed E-state index contributed by atoms with van der Waals surface area (Å²) in [6, 6.07) is 4.89. The maximum Gasteiger partial charge on any atom is 0.407 e. The van der Waals surface area contributed by atoms with Gasteiger partial charge in [-0.15, -0.1) is 11.8 Å². The smallest absolute Gasteiger partial charge is 0.306 e. The quantitative estimate of drug-likeness (QED) is 0.818. The monoisotopic (exact) mass is 249 g/mol. The van der Waals surface area contributed by atoms with Crippen LogP contribution >= 0.6 is 11.8 Å². The van der Waals surface area contributed by atoms with Crippen LogP contribution in [-0.2, 0) is 0 Å². The van der Waals surface area contributed by atoms with Gasteiger partial charge >= 0.3 is 6.18 Å². The van der Waals surface area contributed by atoms with E-state index in [2.05, 4.69) is 5.32 Å². The number of alkyl halides is 3. The molecule has 0 aromatic heterocycles. The number of hydrogen-bond acceptors (Lipinski definition) is 2. The molecule has 1 aromatic rings. The normalized spacial score (nSPS) is 13.8. The van der Waals surface area contributed by atoms with E-state index in [9.17, 15) is 13.2 Å². The van der Waals surface area contributed by atoms with E-state index in [-0.39, 0.29) is 5.56 Å². The molecule has 1 atom stereocenters. The maximum atomic E-state index is 12.6. The highest BCUT2D eigenvalue weighted by atomic mass is 32.2. The van der Waals surface area contributed by atoms with Gasteiger partial charge in [-0.1, -0.05) is 19.1 Å². The molecule has 1 rings (SSSR count). The number of halogens is 3. The zero-order chi connectivity index (χ0) is 12.2. The highest BCUT2D eigenvalue weighted by molar-refractivity contribution is 7.99. The van der Waals surface area contributed by atoms with Crippen LogP contribution in [0.2, 0.25) is 0 Å². The lowest BCUT2D eigenvalue weighted by atomic mass is 10.1. The molecule has 1 nitrogen and oxygen atoms in total. The summed E-state index contributed by atoms with van der Waals surface area (Å²) < 4.78 is 37.8. The van der Waals surface area contributed by atoms with E-state index in [1.165, 1.54) is 19.2 Å². The maximum absolute atomic E-state index is 12.6. The third-order valence-corrected chi connectivity index (χ3v) is 3.03. The lowest BCUT2D eigenvalue weighted by Crippen LogP contribution is -2.31. The summed E-state index contributed by atoms with van der Waals surface area (Å²) in [5.74, 6) is 0.911. The highest BCUT2D eigenvalue weighted by Crippen LogP contribution is 2.33. The van der Waals surface area contributed by atoms with E-state index in [1.54, 1.807) is 23.9 Å². The fourth-order valence-corrected chi connectivity index (χ4v) is 2.10. The Morgan fingerprint density at radius 2 is 1.81 bits per heavy atom. The van der Waals surface area contributed by atoms with E-state index in [1.807, 2.05) is 6.92 Å². The van der Waals surface area contributed by atoms with Gasteiger partial charge in [-0.2, -0.15) is 13.2 Å². The van der Waals surface area contributed by atoms with Crippen molar-refractivity contribution in [2.75, 3.05) is 12.8 Å². The van der Waals surface area contributed by atoms with E-state index in [0.717, 1.165) is 10.6 Å². The van der Waals surface area contributed by atoms with Crippen LogP contribution in [0.15, 0.2) is 29.2 Å². The summed E-state index contributed by atoms with van der Waals surface area (Å²) in [6.45, 7) is 2.00. The molecule has 1 N–H and O–H groups in total. The van der Waals surface area contributed by atoms with Gasteiger partial charge in [0.25, 0.3) is 0 Å². The topological polar surface area (TPSA) is 12.0 Å². The highest BCUT2D eigenvalue weighted by Gasteiger charge is 2.39. The summed E-state index contributed by atoms with van der Waals surface area (Å²) in [5.41, 5.74) is 0.246. The molecule has 0 amide bonds. The third kappa shape index (κ3) is 3.42. The van der Waals surface area contributed by atoms with Crippen molar-refractivity contribution in [2.45, 2.75) is 24.0 Å². The van der Waals surface area contributed by atoms with Crippen LogP contribution in [0.5, 0.6) is 0 Å². The Labute approximate surface area is 97.4 Å². The first-order valence-corrected chi connectivity index (χ1v) is 5.94. The van der Waals surface area contributed by atoms with Crippen molar-refractivity contribution >= 4 is 11.8 Å². The van der Waals surface area contributed by atoms with Crippen LogP contribution in [-0.4, -0.2) is 19.0 Å². The molecule has 1 unspecified atom stereocenters. The summed E-state index contributed by atoms with van der Waals surface area (Å²) in [4.78, 5) is 0.989. The molecule has 0 aliphatic carbocycles. The van der Waals surface area contributed by atoms with Crippen LogP contribution in [0.25, 0.3) is 0 Å². The Kier molecular flexibility index (Phi) is 4.68. The molecule has 0 saturated heterocycles. The number of benzene rings is 1. The first kappa shape index (κ1) is 13.4. The molecule has 90 valence electrons. The van der Waals surface area contributed by atoms with Crippen LogP contribution < -0.4 is 5.32 Å². The summed E-state index contributed by atoms with van der Waals surface area (Å²) in [7, 11) is 1.31. The number of hydrogen-bond donors (Lipinski definition) is 1. The molecule has 0 spiro atoms. The van der Waals surface area contributed by atoms with Crippen molar-refractivity contribution in [3.63, 3.8) is 0 Å². The molecular weight excluding hydrogens is 235 g/mol. The molecule has 0 radical (unpaired) electrons. The lowest BCUT2D eigenvalue weighted by molar-refractivity contribution is -0.156. The van der Waals surface area contributed by atoms with Gasteiger partial charge in [-0.25, -0.2) is 0 Å². The van der Waals surface area contributed by atoms with Crippen LogP contribution in [0.4, 0.5) is 13.2 Å². The second-order valence-electron chi connectivity index (χ2n) is 3.27. The second kappa shape index (κ2) is 5.59. The Balaban J connectivity index is 2.87. The SMILES string of the molecule is CCSc1ccc(C(NC)C(F)(F)F)cc1. The van der Waals surface area contributed by atoms with Gasteiger partial charge < -0.3 is 5.32 Å². The van der Waals surface area contributed by atoms with Gasteiger partial charge in [-0.05, 0) is 30.5 Å². The van der Waals surface area contributed by atoms with Crippen molar-refractivity contribution in [3.05, 3.63) is 29.8 Å². The average molecular weight is 249 g/mol. The second-order valence-corrected chi connectivity index (χ2v) is 4.60. The first-order valence-electron chi connectivity index (χ1n) is 4.95. The molecule has 0 fully saturated rings. The van der Waals surface area contributed by atoms with Gasteiger partial charge in [0, 0.05) is 4.90 Å². The summed E-state index contributed by atoms with van der Waals surface area (Å²) in [5, 5.41) is 2.28. The molecule has 5 heteroatoms. The van der Waals surface area contributed by atoms with E-state index in [0.29, 0.717) is 0 Å². The Morgan fingerprint density at radius 3 is 2.19 bits per heavy atom. The van der Waals surface area contributed by atoms with Crippen molar-refractivity contribution in [3.8, 4) is 0 Å². The van der Waals surface area contributed by atoms with Gasteiger partial charge in [0.05, 0.1) is 0 Å². The predicted molar refractivity (Wildman–Crippen MR) is 60.7 cm³/mol. The molecule has 0 aliphatic rings. The average Bonchev–Trinajstić information content (AvgIpc) is 2.20. The van der Waals surface area contributed by atoms with Crippen molar-refractivity contribution in [1.82, 2.24) is 5.32 Å². The number of nitrogens with one attached hydrogen (secondary N) is 1. The Hall–Kier alpha value is -0.680. The molecule has 1 aromatic carbocycles. The Bertz CT molecular complexity index is 321. The van der Waals surface area contributed by atoms with Crippen LogP contribution in [0.3, 0.4) is 0 Å². The number of thioether (sulfide) groups is 1. The first-order chi connectivity index (χ1) is 7.49. The van der Waals surface area contributed by atoms with Gasteiger partial charge in [-0.3, -0.25) is 0 Å². The zero-order valence-electron chi connectivity index (χ0n) is 9.14. The summed E-state index contributed by atoms with van der Waals surface area (Å²) in [6.07, 6.45) is -4.26. The largest absolute Gasteiger partial charge is 0.407 e. The van der Waals surface area contributed by atoms with Gasteiger partial charge in [0.2, 0.25) is 0 Å².